The topological polar surface area (TPSA) is 239 Å². The first-order valence-corrected chi connectivity index (χ1v) is 53.3. The zero-order valence-corrected chi connectivity index (χ0v) is 85.0. The van der Waals surface area contributed by atoms with Crippen molar-refractivity contribution in [2.45, 2.75) is 224 Å². The molecule has 7 saturated heterocycles. The van der Waals surface area contributed by atoms with E-state index >= 15 is 0 Å². The second-order valence-electron chi connectivity index (χ2n) is 37.4. The van der Waals surface area contributed by atoms with Gasteiger partial charge in [-0.25, -0.2) is 16.8 Å². The molecule has 19 nitrogen and oxygen atoms in total. The summed E-state index contributed by atoms with van der Waals surface area (Å²) < 4.78 is 132. The van der Waals surface area contributed by atoms with Gasteiger partial charge < -0.3 is 42.1 Å². The van der Waals surface area contributed by atoms with Gasteiger partial charge in [0.15, 0.2) is 9.84 Å². The molecule has 8 fully saturated rings. The van der Waals surface area contributed by atoms with Crippen LogP contribution in [0, 0.1) is 5.92 Å². The van der Waals surface area contributed by atoms with Crippen LogP contribution in [0.15, 0.2) is 251 Å². The first-order valence-electron chi connectivity index (χ1n) is 47.9. The standard InChI is InChI=1S/C24H30BrN3O3S.C22H22ClF3N2O.C21H30N2O2S.C20H22Cl2N2O.C20H20ClF3N2O/c1-27-15-7-6-10-21(27)23(17-8-4-3-5-9-17)26-24(29)18-11-14-22(20(25)16-18)32(30,31)28(2)19-12-13-19;23-19-16(7-4-8-17(19)22(24,25)26)21(29)27-20(15-5-2-1-3-6-15)18-13-14-9-11-28(18)12-10-14;1-16-7-5-8-17(2)23(16)15-19(22)13-14-26(24,25)21-12-6-10-18-9-3-4-11-20(18)21;1-24-13-6-5-12-17(24)19(14-8-3-2-4-9-14)23-20(25)15-10-7-11-16(21)18(15)22;21-17-14(9-6-10-15(17)20(22,23)24)19(27)26-18(13-7-2-1-3-8-13)16-11-4-5-12-25-16/h3-5,8-9,11,14,16,19,21,23H,6-7,10,12-13,15H2,1-2H3,(H,26,29);1-8,14,18,20H,9-13H2,(H,27,29);3-4,6,9-12,16-17,19H,5,7-8,13-15,22H2,1-2H3;2-4,7-11,17,19H,5-6,12-13H2,1H3,(H,23,25);1-3,6-10,16,18,25H,4-5,11-12H2,(H,26,27)/t;18-,20-;16-,17+,19-;17-,19-;/m.000./s1. The Morgan fingerprint density at radius 1 is 0.475 bits per heavy atom. The van der Waals surface area contributed by atoms with Crippen LogP contribution in [0.2, 0.25) is 20.1 Å². The van der Waals surface area contributed by atoms with E-state index in [-0.39, 0.29) is 94.0 Å². The molecule has 139 heavy (non-hydrogen) atoms. The summed E-state index contributed by atoms with van der Waals surface area (Å²) >= 11 is 27.6. The van der Waals surface area contributed by atoms with Gasteiger partial charge >= 0.3 is 12.4 Å². The maximum Gasteiger partial charge on any atom is 0.417 e. The number of nitrogens with two attached hydrogens (primary N) is 1. The zero-order chi connectivity index (χ0) is 99.5. The van der Waals surface area contributed by atoms with Crippen LogP contribution in [0.25, 0.3) is 10.8 Å². The quantitative estimate of drug-likeness (QED) is 0.0292. The lowest BCUT2D eigenvalue weighted by Gasteiger charge is -2.48. The van der Waals surface area contributed by atoms with E-state index in [9.17, 15) is 62.4 Å². The van der Waals surface area contributed by atoms with Gasteiger partial charge in [-0.2, -0.15) is 30.6 Å². The maximum absolute atomic E-state index is 13.2. The lowest BCUT2D eigenvalue weighted by molar-refractivity contribution is -0.138. The molecule has 744 valence electrons. The van der Waals surface area contributed by atoms with E-state index in [0.29, 0.717) is 55.0 Å². The van der Waals surface area contributed by atoms with Gasteiger partial charge in [0, 0.05) is 77.3 Å². The van der Waals surface area contributed by atoms with Crippen molar-refractivity contribution in [3.63, 3.8) is 0 Å². The number of piperidine rings is 7. The number of carbonyl (C=O) groups is 4. The summed E-state index contributed by atoms with van der Waals surface area (Å²) in [6, 6.07) is 69.7. The molecule has 2 bridgehead atoms. The Bertz CT molecular complexity index is 6010. The van der Waals surface area contributed by atoms with Gasteiger partial charge in [0.2, 0.25) is 10.0 Å². The summed E-state index contributed by atoms with van der Waals surface area (Å²) in [7, 11) is -1.09. The van der Waals surface area contributed by atoms with Crippen LogP contribution in [0.3, 0.4) is 0 Å². The highest BCUT2D eigenvalue weighted by molar-refractivity contribution is 9.10. The van der Waals surface area contributed by atoms with Crippen molar-refractivity contribution in [3.05, 3.63) is 317 Å². The molecule has 0 radical (unpaired) electrons. The predicted octanol–water partition coefficient (Wildman–Crippen LogP) is 23.0. The number of carbonyl (C=O) groups excluding carboxylic acids is 4. The number of hydrogen-bond donors (Lipinski definition) is 6. The molecule has 10 aromatic rings. The highest BCUT2D eigenvalue weighted by atomic mass is 79.9. The molecule has 4 unspecified atom stereocenters. The van der Waals surface area contributed by atoms with E-state index in [4.69, 9.17) is 52.1 Å². The minimum absolute atomic E-state index is 0.00896. The Balaban J connectivity index is 0.000000147. The third-order valence-corrected chi connectivity index (χ3v) is 34.2. The molecule has 7 N–H and O–H groups in total. The van der Waals surface area contributed by atoms with Crippen LogP contribution in [0.1, 0.15) is 228 Å². The molecule has 0 spiro atoms. The third-order valence-electron chi connectivity index (χ3n) is 27.9. The lowest BCUT2D eigenvalue weighted by Crippen LogP contribution is -2.54. The van der Waals surface area contributed by atoms with E-state index < -0.39 is 65.2 Å². The molecule has 8 aliphatic rings. The number of hydrogen-bond acceptors (Lipinski definition) is 14. The second kappa shape index (κ2) is 49.4. The molecule has 11 atom stereocenters. The average molecular weight is 2090 g/mol. The molecule has 0 aromatic heterocycles. The van der Waals surface area contributed by atoms with Crippen molar-refractivity contribution < 1.29 is 62.4 Å². The summed E-state index contributed by atoms with van der Waals surface area (Å²) in [6.45, 7) is 10.1. The largest absolute Gasteiger partial charge is 0.417 e. The number of rotatable bonds is 25. The molecular formula is C107H124BrCl4F6N11O8S2. The minimum atomic E-state index is -4.61. The van der Waals surface area contributed by atoms with Gasteiger partial charge in [0.05, 0.1) is 87.6 Å². The third kappa shape index (κ3) is 28.2. The molecular weight excluding hydrogens is 1970 g/mol. The molecule has 10 aromatic carbocycles. The first kappa shape index (κ1) is 107. The monoisotopic (exact) mass is 2090 g/mol. The number of amides is 4. The van der Waals surface area contributed by atoms with Gasteiger partial charge in [0.25, 0.3) is 23.6 Å². The number of nitrogens with zero attached hydrogens (tertiary/aromatic N) is 5. The van der Waals surface area contributed by atoms with Crippen LogP contribution < -0.4 is 32.3 Å². The summed E-state index contributed by atoms with van der Waals surface area (Å²) in [4.78, 5) is 62.0. The number of nitrogens with one attached hydrogen (secondary N) is 5. The highest BCUT2D eigenvalue weighted by Crippen LogP contribution is 2.43. The molecule has 1 aliphatic carbocycles. The van der Waals surface area contributed by atoms with E-state index in [1.807, 2.05) is 146 Å². The lowest BCUT2D eigenvalue weighted by atomic mass is 9.79. The number of alkyl halides is 6. The number of likely N-dealkylation sites (N-methyl/N-ethyl adjacent to an activating group) is 2. The SMILES string of the molecule is CN1CCCCC1C(NC(=O)c1ccc(S(=O)(=O)N(C)C2CC2)c(Br)c1)c1ccccc1.CN1CCCC[C@H]1[C@@H](NC(=O)c1cccc(Cl)c1Cl)c1ccccc1.C[C@@H]1CCC[C@H](C)N1C[C@@H](N)CCS(=O)(=O)c1cccc2ccccc12.O=C(NC(c1ccccc1)C1CCCCN1)c1cccc(C(F)(F)F)c1Cl.O=C(N[C@@H](c1ccccc1)[C@@H]1CC2CCN1CC2)c1cccc(C(F)(F)F)c1Cl. The van der Waals surface area contributed by atoms with Crippen LogP contribution in [-0.2, 0) is 32.2 Å². The van der Waals surface area contributed by atoms with Crippen molar-refractivity contribution >= 4 is 117 Å². The minimum Gasteiger partial charge on any atom is -0.344 e. The normalized spacial score (nSPS) is 21.5. The number of sulfone groups is 1. The summed E-state index contributed by atoms with van der Waals surface area (Å²) in [5.74, 6) is -0.882. The van der Waals surface area contributed by atoms with E-state index in [1.165, 1.54) is 73.2 Å². The fourth-order valence-corrected chi connectivity index (χ4v) is 25.1. The Morgan fingerprint density at radius 2 is 0.914 bits per heavy atom. The van der Waals surface area contributed by atoms with Crippen molar-refractivity contribution in [1.82, 2.24) is 50.5 Å². The first-order chi connectivity index (χ1) is 66.5. The Morgan fingerprint density at radius 3 is 1.37 bits per heavy atom. The smallest absolute Gasteiger partial charge is 0.344 e. The zero-order valence-electron chi connectivity index (χ0n) is 78.8. The fraction of sp³-hybridized carbons (Fsp3) is 0.421. The molecule has 4 amide bonds. The Labute approximate surface area is 841 Å². The Hall–Kier alpha value is -8.82. The number of fused-ring (bicyclic) bond motifs is 4. The van der Waals surface area contributed by atoms with Crippen molar-refractivity contribution in [1.29, 1.82) is 0 Å². The van der Waals surface area contributed by atoms with Crippen molar-refractivity contribution in [2.75, 3.05) is 66.2 Å². The molecule has 18 rings (SSSR count). The average Bonchev–Trinajstić information content (AvgIpc) is 1.61. The number of likely N-dealkylation sites (tertiary alicyclic amines) is 3. The van der Waals surface area contributed by atoms with Crippen molar-refractivity contribution in [3.8, 4) is 0 Å². The molecule has 1 saturated carbocycles. The molecule has 32 heteroatoms. The number of sulfonamides is 1. The van der Waals surface area contributed by atoms with E-state index in [0.717, 1.165) is 155 Å². The van der Waals surface area contributed by atoms with Crippen LogP contribution in [-0.4, -0.2) is 179 Å². The Kier molecular flexibility index (Phi) is 38.2. The van der Waals surface area contributed by atoms with Gasteiger partial charge in [0.1, 0.15) is 0 Å². The molecule has 7 heterocycles. The predicted molar refractivity (Wildman–Crippen MR) is 545 cm³/mol. The second-order valence-corrected chi connectivity index (χ2v) is 43.8. The van der Waals surface area contributed by atoms with Gasteiger partial charge in [-0.3, -0.25) is 29.0 Å². The van der Waals surface area contributed by atoms with Crippen molar-refractivity contribution in [2.24, 2.45) is 11.7 Å². The summed E-state index contributed by atoms with van der Waals surface area (Å²) in [6.07, 6.45) is 9.71. The van der Waals surface area contributed by atoms with Gasteiger partial charge in [-0.05, 0) is 261 Å². The van der Waals surface area contributed by atoms with E-state index in [1.54, 1.807) is 43.4 Å². The van der Waals surface area contributed by atoms with Crippen LogP contribution >= 0.6 is 62.3 Å². The van der Waals surface area contributed by atoms with Gasteiger partial charge in [-0.15, -0.1) is 0 Å². The number of halogens is 11. The van der Waals surface area contributed by atoms with Gasteiger partial charge in [-0.1, -0.05) is 248 Å². The fourth-order valence-electron chi connectivity index (χ4n) is 20.0. The van der Waals surface area contributed by atoms with E-state index in [2.05, 4.69) is 102 Å². The summed E-state index contributed by atoms with van der Waals surface area (Å²) in [5.41, 5.74) is 8.85. The van der Waals surface area contributed by atoms with Crippen LogP contribution in [0.4, 0.5) is 26.3 Å². The maximum atomic E-state index is 13.2. The summed E-state index contributed by atoms with van der Waals surface area (Å²) in [5, 5.41) is 17.0. The molecule has 7 aliphatic heterocycles. The highest BCUT2D eigenvalue weighted by Gasteiger charge is 2.43. The van der Waals surface area contributed by atoms with Crippen LogP contribution in [0.5, 0.6) is 0 Å². The number of benzene rings is 10.